The van der Waals surface area contributed by atoms with E-state index in [0.717, 1.165) is 16.6 Å². The Morgan fingerprint density at radius 3 is 2.75 bits per heavy atom. The lowest BCUT2D eigenvalue weighted by atomic mass is 10.1. The van der Waals surface area contributed by atoms with E-state index in [1.54, 1.807) is 0 Å². The van der Waals surface area contributed by atoms with E-state index < -0.39 is 0 Å². The molecule has 2 rings (SSSR count). The Morgan fingerprint density at radius 2 is 2.00 bits per heavy atom. The summed E-state index contributed by atoms with van der Waals surface area (Å²) < 4.78 is 0. The van der Waals surface area contributed by atoms with Crippen molar-refractivity contribution >= 4 is 16.6 Å². The van der Waals surface area contributed by atoms with Crippen molar-refractivity contribution in [3.63, 3.8) is 0 Å². The molecule has 2 nitrogen and oxygen atoms in total. The minimum atomic E-state index is 0.836. The van der Waals surface area contributed by atoms with Crippen LogP contribution in [0.25, 0.3) is 10.9 Å². The maximum Gasteiger partial charge on any atom is 0.0574 e. The average Bonchev–Trinajstić information content (AvgIpc) is 2.31. The van der Waals surface area contributed by atoms with Crippen molar-refractivity contribution < 1.29 is 0 Å². The SMILES string of the molecule is Cc1cc(C)c2c(N)c[nH]c2c1. The topological polar surface area (TPSA) is 41.8 Å². The quantitative estimate of drug-likeness (QED) is 0.610. The van der Waals surface area contributed by atoms with E-state index in [9.17, 15) is 0 Å². The van der Waals surface area contributed by atoms with Gasteiger partial charge in [0.1, 0.15) is 0 Å². The number of aromatic amines is 1. The number of H-pyrrole nitrogens is 1. The number of benzene rings is 1. The summed E-state index contributed by atoms with van der Waals surface area (Å²) in [7, 11) is 0. The van der Waals surface area contributed by atoms with Crippen molar-refractivity contribution in [2.45, 2.75) is 13.8 Å². The van der Waals surface area contributed by atoms with Crippen LogP contribution in [0.5, 0.6) is 0 Å². The molecule has 0 aliphatic heterocycles. The zero-order valence-electron chi connectivity index (χ0n) is 7.31. The molecule has 1 aromatic carbocycles. The molecule has 0 fully saturated rings. The highest BCUT2D eigenvalue weighted by Crippen LogP contribution is 2.24. The van der Waals surface area contributed by atoms with E-state index in [-0.39, 0.29) is 0 Å². The van der Waals surface area contributed by atoms with E-state index in [0.29, 0.717) is 0 Å². The Kier molecular flexibility index (Phi) is 1.37. The van der Waals surface area contributed by atoms with Crippen LogP contribution < -0.4 is 5.73 Å². The molecule has 0 spiro atoms. The molecule has 1 heterocycles. The number of hydrogen-bond acceptors (Lipinski definition) is 1. The van der Waals surface area contributed by atoms with Gasteiger partial charge in [-0.15, -0.1) is 0 Å². The Morgan fingerprint density at radius 1 is 1.25 bits per heavy atom. The second-order valence-corrected chi connectivity index (χ2v) is 3.25. The van der Waals surface area contributed by atoms with Gasteiger partial charge in [-0.25, -0.2) is 0 Å². The van der Waals surface area contributed by atoms with Gasteiger partial charge in [-0.05, 0) is 31.0 Å². The summed E-state index contributed by atoms with van der Waals surface area (Å²) >= 11 is 0. The van der Waals surface area contributed by atoms with Crippen molar-refractivity contribution in [2.24, 2.45) is 0 Å². The van der Waals surface area contributed by atoms with Gasteiger partial charge in [0, 0.05) is 17.1 Å². The third-order valence-corrected chi connectivity index (χ3v) is 2.15. The van der Waals surface area contributed by atoms with Crippen LogP contribution in [0.15, 0.2) is 18.3 Å². The van der Waals surface area contributed by atoms with Gasteiger partial charge in [-0.3, -0.25) is 0 Å². The van der Waals surface area contributed by atoms with Crippen LogP contribution in [0.1, 0.15) is 11.1 Å². The summed E-state index contributed by atoms with van der Waals surface area (Å²) in [5.74, 6) is 0. The zero-order valence-corrected chi connectivity index (χ0v) is 7.31. The molecular formula is C10H12N2. The predicted molar refractivity (Wildman–Crippen MR) is 52.2 cm³/mol. The largest absolute Gasteiger partial charge is 0.397 e. The Bertz CT molecular complexity index is 427. The van der Waals surface area contributed by atoms with Crippen LogP contribution in [0.3, 0.4) is 0 Å². The first-order chi connectivity index (χ1) is 5.68. The summed E-state index contributed by atoms with van der Waals surface area (Å²) in [4.78, 5) is 3.14. The number of nitrogens with two attached hydrogens (primary N) is 1. The number of hydrogen-bond donors (Lipinski definition) is 2. The summed E-state index contributed by atoms with van der Waals surface area (Å²) in [6.07, 6.45) is 1.84. The van der Waals surface area contributed by atoms with Gasteiger partial charge in [0.2, 0.25) is 0 Å². The van der Waals surface area contributed by atoms with Crippen molar-refractivity contribution in [1.29, 1.82) is 0 Å². The van der Waals surface area contributed by atoms with E-state index in [4.69, 9.17) is 5.73 Å². The van der Waals surface area contributed by atoms with Gasteiger partial charge in [0.15, 0.2) is 0 Å². The number of nitrogen functional groups attached to an aromatic ring is 1. The van der Waals surface area contributed by atoms with Crippen LogP contribution in [0.4, 0.5) is 5.69 Å². The van der Waals surface area contributed by atoms with Crippen molar-refractivity contribution in [2.75, 3.05) is 5.73 Å². The maximum absolute atomic E-state index is 5.80. The molecule has 62 valence electrons. The van der Waals surface area contributed by atoms with Crippen LogP contribution >= 0.6 is 0 Å². The van der Waals surface area contributed by atoms with Crippen molar-refractivity contribution in [3.05, 3.63) is 29.5 Å². The minimum absolute atomic E-state index is 0.836. The normalized spacial score (nSPS) is 10.8. The van der Waals surface area contributed by atoms with Gasteiger partial charge in [-0.2, -0.15) is 0 Å². The van der Waals surface area contributed by atoms with E-state index in [1.165, 1.54) is 11.1 Å². The first kappa shape index (κ1) is 7.22. The molecule has 1 aromatic heterocycles. The molecule has 12 heavy (non-hydrogen) atoms. The Hall–Kier alpha value is -1.44. The second kappa shape index (κ2) is 2.27. The zero-order chi connectivity index (χ0) is 8.72. The lowest BCUT2D eigenvalue weighted by Gasteiger charge is -1.99. The molecule has 0 radical (unpaired) electrons. The van der Waals surface area contributed by atoms with Gasteiger partial charge < -0.3 is 10.7 Å². The molecule has 0 saturated heterocycles. The number of aryl methyl sites for hydroxylation is 2. The van der Waals surface area contributed by atoms with Gasteiger partial charge in [0.05, 0.1) is 5.69 Å². The second-order valence-electron chi connectivity index (χ2n) is 3.25. The predicted octanol–water partition coefficient (Wildman–Crippen LogP) is 2.37. The standard InChI is InChI=1S/C10H12N2/c1-6-3-7(2)10-8(11)5-12-9(10)4-6/h3-5,12H,11H2,1-2H3. The molecule has 0 aliphatic carbocycles. The Balaban J connectivity index is 2.93. The Labute approximate surface area is 71.4 Å². The first-order valence-corrected chi connectivity index (χ1v) is 4.02. The third-order valence-electron chi connectivity index (χ3n) is 2.15. The fourth-order valence-corrected chi connectivity index (χ4v) is 1.69. The van der Waals surface area contributed by atoms with Crippen LogP contribution in [0.2, 0.25) is 0 Å². The first-order valence-electron chi connectivity index (χ1n) is 4.02. The number of fused-ring (bicyclic) bond motifs is 1. The summed E-state index contributed by atoms with van der Waals surface area (Å²) in [5.41, 5.74) is 10.3. The molecule has 0 unspecified atom stereocenters. The monoisotopic (exact) mass is 160 g/mol. The third kappa shape index (κ3) is 0.881. The molecule has 2 aromatic rings. The maximum atomic E-state index is 5.80. The smallest absolute Gasteiger partial charge is 0.0574 e. The van der Waals surface area contributed by atoms with Crippen molar-refractivity contribution in [3.8, 4) is 0 Å². The number of anilines is 1. The summed E-state index contributed by atoms with van der Waals surface area (Å²) in [6.45, 7) is 4.17. The molecule has 0 atom stereocenters. The van der Waals surface area contributed by atoms with Gasteiger partial charge >= 0.3 is 0 Å². The van der Waals surface area contributed by atoms with Crippen LogP contribution in [-0.2, 0) is 0 Å². The molecule has 2 heteroatoms. The van der Waals surface area contributed by atoms with Gasteiger partial charge in [0.25, 0.3) is 0 Å². The van der Waals surface area contributed by atoms with Crippen molar-refractivity contribution in [1.82, 2.24) is 4.98 Å². The molecule has 0 amide bonds. The minimum Gasteiger partial charge on any atom is -0.397 e. The molecule has 0 saturated carbocycles. The molecular weight excluding hydrogens is 148 g/mol. The lowest BCUT2D eigenvalue weighted by Crippen LogP contribution is -1.84. The lowest BCUT2D eigenvalue weighted by molar-refractivity contribution is 1.41. The molecule has 0 aliphatic rings. The highest BCUT2D eigenvalue weighted by Gasteiger charge is 2.03. The van der Waals surface area contributed by atoms with E-state index in [2.05, 4.69) is 31.0 Å². The fourth-order valence-electron chi connectivity index (χ4n) is 1.69. The molecule has 3 N–H and O–H groups in total. The van der Waals surface area contributed by atoms with E-state index >= 15 is 0 Å². The van der Waals surface area contributed by atoms with Gasteiger partial charge in [-0.1, -0.05) is 6.07 Å². The number of rotatable bonds is 0. The highest BCUT2D eigenvalue weighted by atomic mass is 14.7. The average molecular weight is 160 g/mol. The highest BCUT2D eigenvalue weighted by molar-refractivity contribution is 5.94. The number of nitrogens with one attached hydrogen (secondary N) is 1. The fraction of sp³-hybridized carbons (Fsp3) is 0.200. The van der Waals surface area contributed by atoms with E-state index in [1.807, 2.05) is 6.20 Å². The summed E-state index contributed by atoms with van der Waals surface area (Å²) in [5, 5.41) is 1.15. The molecule has 0 bridgehead atoms. The number of aromatic nitrogens is 1. The van der Waals surface area contributed by atoms with Crippen LogP contribution in [0, 0.1) is 13.8 Å². The summed E-state index contributed by atoms with van der Waals surface area (Å²) in [6, 6.07) is 4.26. The van der Waals surface area contributed by atoms with Crippen LogP contribution in [-0.4, -0.2) is 4.98 Å².